The first-order chi connectivity index (χ1) is 18.9. The largest absolute Gasteiger partial charge is 0.507 e. The lowest BCUT2D eigenvalue weighted by Crippen LogP contribution is -2.30. The van der Waals surface area contributed by atoms with E-state index >= 15 is 0 Å². The second kappa shape index (κ2) is 9.47. The number of nitrogens with zero attached hydrogens (tertiary/aromatic N) is 1. The van der Waals surface area contributed by atoms with Gasteiger partial charge in [-0.15, -0.1) is 0 Å². The Kier molecular flexibility index (Phi) is 5.95. The lowest BCUT2D eigenvalue weighted by molar-refractivity contribution is -0.140. The van der Waals surface area contributed by atoms with Gasteiger partial charge in [-0.05, 0) is 29.9 Å². The van der Waals surface area contributed by atoms with Crippen molar-refractivity contribution in [1.29, 1.82) is 0 Å². The molecular weight excluding hydrogens is 498 g/mol. The smallest absolute Gasteiger partial charge is 0.306 e. The Hall–Kier alpha value is -4.85. The van der Waals surface area contributed by atoms with E-state index in [0.717, 1.165) is 35.4 Å². The second-order valence-corrected chi connectivity index (χ2v) is 9.72. The third-order valence-electron chi connectivity index (χ3n) is 7.43. The molecule has 8 heteroatoms. The van der Waals surface area contributed by atoms with E-state index in [1.165, 1.54) is 13.2 Å². The molecule has 5 aromatic rings. The Labute approximate surface area is 222 Å². The number of aryl methyl sites for hydroxylation is 2. The molecule has 0 fully saturated rings. The molecule has 3 aromatic carbocycles. The molecular formula is C31H25NO7. The van der Waals surface area contributed by atoms with Crippen molar-refractivity contribution < 1.29 is 24.2 Å². The lowest BCUT2D eigenvalue weighted by Gasteiger charge is -2.24. The zero-order chi connectivity index (χ0) is 27.3. The van der Waals surface area contributed by atoms with E-state index in [1.54, 1.807) is 34.9 Å². The van der Waals surface area contributed by atoms with Crippen LogP contribution in [0.15, 0.2) is 80.7 Å². The standard InChI is InChI=1S/C31H25NO7/c1-38-26(36)14-20(21-13-19-10-5-9-18-11-6-12-32(29(18)19)31(21)37)27-22(33)15-23(34)28-24(35)16-25(39-30(27)28)17-7-3-2-4-8-17/h2-5,7-10,13,15-16,20,33-34H,6,11-12,14H2,1H3/t20-/m1/s1. The van der Waals surface area contributed by atoms with Crippen molar-refractivity contribution in [2.24, 2.45) is 0 Å². The number of rotatable bonds is 5. The number of methoxy groups -OCH3 is 1. The van der Waals surface area contributed by atoms with Gasteiger partial charge in [0.2, 0.25) is 0 Å². The van der Waals surface area contributed by atoms with Gasteiger partial charge in [0, 0.05) is 41.3 Å². The van der Waals surface area contributed by atoms with E-state index in [9.17, 15) is 24.6 Å². The Bertz CT molecular complexity index is 1890. The van der Waals surface area contributed by atoms with Crippen LogP contribution in [0.5, 0.6) is 11.5 Å². The van der Waals surface area contributed by atoms with Gasteiger partial charge >= 0.3 is 5.97 Å². The van der Waals surface area contributed by atoms with Crippen LogP contribution in [0, 0.1) is 0 Å². The van der Waals surface area contributed by atoms with E-state index < -0.39 is 28.8 Å². The first kappa shape index (κ1) is 24.5. The molecule has 39 heavy (non-hydrogen) atoms. The van der Waals surface area contributed by atoms with Gasteiger partial charge in [0.15, 0.2) is 5.43 Å². The maximum Gasteiger partial charge on any atom is 0.306 e. The quantitative estimate of drug-likeness (QED) is 0.317. The SMILES string of the molecule is COC(=O)C[C@H](c1cc2cccc3c2n(c1=O)CCC3)c1c(O)cc(O)c2c(=O)cc(-c3ccccc3)oc12. The fourth-order valence-corrected chi connectivity index (χ4v) is 5.66. The molecule has 3 heterocycles. The molecule has 2 N–H and O–H groups in total. The van der Waals surface area contributed by atoms with Crippen LogP contribution in [-0.2, 0) is 22.5 Å². The van der Waals surface area contributed by atoms with Crippen LogP contribution in [0.3, 0.4) is 0 Å². The average Bonchev–Trinajstić information content (AvgIpc) is 2.94. The first-order valence-electron chi connectivity index (χ1n) is 12.7. The van der Waals surface area contributed by atoms with E-state index in [-0.39, 0.29) is 39.8 Å². The summed E-state index contributed by atoms with van der Waals surface area (Å²) in [5, 5.41) is 22.5. The van der Waals surface area contributed by atoms with Gasteiger partial charge in [-0.2, -0.15) is 0 Å². The highest BCUT2D eigenvalue weighted by molar-refractivity contribution is 5.91. The molecule has 1 aliphatic heterocycles. The van der Waals surface area contributed by atoms with Crippen LogP contribution >= 0.6 is 0 Å². The minimum atomic E-state index is -1.03. The summed E-state index contributed by atoms with van der Waals surface area (Å²) in [6.45, 7) is 0.515. The highest BCUT2D eigenvalue weighted by Gasteiger charge is 2.31. The topological polar surface area (TPSA) is 119 Å². The fourth-order valence-electron chi connectivity index (χ4n) is 5.66. The normalized spacial score (nSPS) is 13.5. The number of pyridine rings is 1. The van der Waals surface area contributed by atoms with E-state index in [1.807, 2.05) is 24.3 Å². The molecule has 1 aliphatic rings. The summed E-state index contributed by atoms with van der Waals surface area (Å²) in [6, 6.07) is 18.8. The van der Waals surface area contributed by atoms with Crippen molar-refractivity contribution in [2.45, 2.75) is 31.7 Å². The van der Waals surface area contributed by atoms with Crippen molar-refractivity contribution in [1.82, 2.24) is 4.57 Å². The van der Waals surface area contributed by atoms with Gasteiger partial charge in [-0.3, -0.25) is 14.4 Å². The molecule has 0 radical (unpaired) electrons. The Morgan fingerprint density at radius 1 is 1.03 bits per heavy atom. The van der Waals surface area contributed by atoms with Crippen molar-refractivity contribution in [2.75, 3.05) is 7.11 Å². The third kappa shape index (κ3) is 4.05. The first-order valence-corrected chi connectivity index (χ1v) is 12.7. The van der Waals surface area contributed by atoms with Gasteiger partial charge in [0.25, 0.3) is 5.56 Å². The molecule has 0 saturated carbocycles. The minimum absolute atomic E-state index is 0.0549. The van der Waals surface area contributed by atoms with Gasteiger partial charge in [0.1, 0.15) is 28.2 Å². The van der Waals surface area contributed by atoms with Crippen molar-refractivity contribution in [3.05, 3.63) is 104 Å². The van der Waals surface area contributed by atoms with Crippen LogP contribution in [0.4, 0.5) is 0 Å². The number of carbonyl (C=O) groups excluding carboxylic acids is 1. The predicted octanol–water partition coefficient (Wildman–Crippen LogP) is 4.83. The average molecular weight is 524 g/mol. The number of ether oxygens (including phenoxy) is 1. The molecule has 0 spiro atoms. The van der Waals surface area contributed by atoms with Crippen LogP contribution in [0.2, 0.25) is 0 Å². The molecule has 6 rings (SSSR count). The molecule has 196 valence electrons. The highest BCUT2D eigenvalue weighted by Crippen LogP contribution is 2.43. The minimum Gasteiger partial charge on any atom is -0.507 e. The van der Waals surface area contributed by atoms with Crippen LogP contribution in [0.25, 0.3) is 33.2 Å². The molecule has 1 atom stereocenters. The monoisotopic (exact) mass is 523 g/mol. The number of phenols is 2. The summed E-state index contributed by atoms with van der Waals surface area (Å²) in [5.74, 6) is -2.30. The fraction of sp³-hybridized carbons (Fsp3) is 0.194. The van der Waals surface area contributed by atoms with Crippen molar-refractivity contribution in [3.8, 4) is 22.8 Å². The highest BCUT2D eigenvalue weighted by atomic mass is 16.5. The third-order valence-corrected chi connectivity index (χ3v) is 7.43. The van der Waals surface area contributed by atoms with Gasteiger partial charge < -0.3 is 23.9 Å². The molecule has 0 aliphatic carbocycles. The van der Waals surface area contributed by atoms with Gasteiger partial charge in [-0.25, -0.2) is 0 Å². The maximum absolute atomic E-state index is 13.9. The predicted molar refractivity (Wildman–Crippen MR) is 146 cm³/mol. The van der Waals surface area contributed by atoms with Crippen LogP contribution < -0.4 is 11.0 Å². The number of hydrogen-bond donors (Lipinski definition) is 2. The summed E-state index contributed by atoms with van der Waals surface area (Å²) in [4.78, 5) is 39.8. The Balaban J connectivity index is 1.69. The lowest BCUT2D eigenvalue weighted by atomic mass is 9.85. The summed E-state index contributed by atoms with van der Waals surface area (Å²) >= 11 is 0. The molecule has 0 saturated heterocycles. The number of aromatic nitrogens is 1. The zero-order valence-electron chi connectivity index (χ0n) is 21.1. The van der Waals surface area contributed by atoms with Crippen molar-refractivity contribution in [3.63, 3.8) is 0 Å². The van der Waals surface area contributed by atoms with E-state index in [2.05, 4.69) is 0 Å². The Morgan fingerprint density at radius 3 is 2.59 bits per heavy atom. The zero-order valence-corrected chi connectivity index (χ0v) is 21.1. The summed E-state index contributed by atoms with van der Waals surface area (Å²) in [7, 11) is 1.24. The number of aromatic hydroxyl groups is 2. The summed E-state index contributed by atoms with van der Waals surface area (Å²) in [5.41, 5.74) is 1.92. The number of para-hydroxylation sites is 1. The van der Waals surface area contributed by atoms with Gasteiger partial charge in [-0.1, -0.05) is 48.5 Å². The summed E-state index contributed by atoms with van der Waals surface area (Å²) < 4.78 is 12.8. The number of benzene rings is 3. The van der Waals surface area contributed by atoms with Crippen LogP contribution in [0.1, 0.15) is 35.4 Å². The molecule has 2 aromatic heterocycles. The maximum atomic E-state index is 13.9. The number of fused-ring (bicyclic) bond motifs is 1. The number of esters is 1. The summed E-state index contributed by atoms with van der Waals surface area (Å²) in [6.07, 6.45) is 1.35. The molecule has 8 nitrogen and oxygen atoms in total. The van der Waals surface area contributed by atoms with Crippen LogP contribution in [-0.4, -0.2) is 27.9 Å². The second-order valence-electron chi connectivity index (χ2n) is 9.72. The molecule has 0 bridgehead atoms. The molecule has 0 amide bonds. The number of hydrogen-bond acceptors (Lipinski definition) is 7. The number of phenolic OH excluding ortho intramolecular Hbond substituents is 2. The number of carbonyl (C=O) groups is 1. The van der Waals surface area contributed by atoms with Gasteiger partial charge in [0.05, 0.1) is 19.0 Å². The Morgan fingerprint density at radius 2 is 1.82 bits per heavy atom. The van der Waals surface area contributed by atoms with E-state index in [0.29, 0.717) is 12.1 Å². The van der Waals surface area contributed by atoms with E-state index in [4.69, 9.17) is 9.15 Å². The molecule has 0 unspecified atom stereocenters. The van der Waals surface area contributed by atoms with Crippen molar-refractivity contribution >= 4 is 27.8 Å².